The van der Waals surface area contributed by atoms with Crippen LogP contribution >= 0.6 is 11.6 Å². The molecule has 2 rings (SSSR count). The number of hydrogen-bond acceptors (Lipinski definition) is 2. The van der Waals surface area contributed by atoms with Crippen molar-refractivity contribution in [2.45, 2.75) is 19.4 Å². The number of rotatable bonds is 1. The highest BCUT2D eigenvalue weighted by atomic mass is 35.5. The molecule has 86 valence electrons. The highest BCUT2D eigenvalue weighted by molar-refractivity contribution is 6.31. The van der Waals surface area contributed by atoms with Gasteiger partial charge in [-0.3, -0.25) is 4.79 Å². The molecule has 0 aliphatic carbocycles. The molecule has 0 saturated carbocycles. The second kappa shape index (κ2) is 4.44. The van der Waals surface area contributed by atoms with Crippen molar-refractivity contribution in [2.24, 2.45) is 0 Å². The summed E-state index contributed by atoms with van der Waals surface area (Å²) >= 11 is 5.88. The van der Waals surface area contributed by atoms with Gasteiger partial charge in [0.05, 0.1) is 6.10 Å². The van der Waals surface area contributed by atoms with E-state index in [0.717, 1.165) is 5.56 Å². The fourth-order valence-corrected chi connectivity index (χ4v) is 2.09. The van der Waals surface area contributed by atoms with Gasteiger partial charge in [-0.25, -0.2) is 0 Å². The van der Waals surface area contributed by atoms with Crippen LogP contribution in [-0.4, -0.2) is 35.1 Å². The summed E-state index contributed by atoms with van der Waals surface area (Å²) in [6, 6.07) is 5.29. The molecule has 0 radical (unpaired) electrons. The standard InChI is InChI=1S/C12H14ClNO2/c1-8-2-3-9(13)6-11(8)12(16)14-5-4-10(15)7-14/h2-3,6,10,15H,4-5,7H2,1H3/t10-/m0/s1. The first kappa shape index (κ1) is 11.4. The van der Waals surface area contributed by atoms with E-state index in [9.17, 15) is 9.90 Å². The van der Waals surface area contributed by atoms with E-state index >= 15 is 0 Å². The van der Waals surface area contributed by atoms with Gasteiger partial charge in [-0.05, 0) is 31.0 Å². The molecule has 0 spiro atoms. The smallest absolute Gasteiger partial charge is 0.254 e. The molecule has 0 unspecified atom stereocenters. The second-order valence-corrected chi connectivity index (χ2v) is 4.59. The molecular weight excluding hydrogens is 226 g/mol. The molecule has 1 saturated heterocycles. The number of aliphatic hydroxyl groups is 1. The zero-order valence-electron chi connectivity index (χ0n) is 9.11. The van der Waals surface area contributed by atoms with Gasteiger partial charge in [0.2, 0.25) is 0 Å². The number of β-amino-alcohol motifs (C(OH)–C–C–N with tert-alkyl or cyclic N) is 1. The van der Waals surface area contributed by atoms with Gasteiger partial charge in [-0.15, -0.1) is 0 Å². The summed E-state index contributed by atoms with van der Waals surface area (Å²) in [5, 5.41) is 9.96. The molecule has 1 amide bonds. The minimum Gasteiger partial charge on any atom is -0.391 e. The van der Waals surface area contributed by atoms with E-state index in [1.165, 1.54) is 0 Å². The predicted molar refractivity (Wildman–Crippen MR) is 62.7 cm³/mol. The SMILES string of the molecule is Cc1ccc(Cl)cc1C(=O)N1CC[C@H](O)C1. The molecule has 3 nitrogen and oxygen atoms in total. The average molecular weight is 240 g/mol. The third-order valence-electron chi connectivity index (χ3n) is 2.88. The minimum absolute atomic E-state index is 0.0449. The van der Waals surface area contributed by atoms with E-state index in [0.29, 0.717) is 30.1 Å². The summed E-state index contributed by atoms with van der Waals surface area (Å²) in [6.45, 7) is 2.92. The number of aryl methyl sites for hydroxylation is 1. The Morgan fingerprint density at radius 1 is 1.56 bits per heavy atom. The molecule has 1 heterocycles. The lowest BCUT2D eigenvalue weighted by atomic mass is 10.1. The molecule has 0 aromatic heterocycles. The van der Waals surface area contributed by atoms with Crippen molar-refractivity contribution in [3.63, 3.8) is 0 Å². The predicted octanol–water partition coefficient (Wildman–Crippen LogP) is 1.86. The molecule has 1 N–H and O–H groups in total. The molecule has 1 aromatic carbocycles. The van der Waals surface area contributed by atoms with Crippen molar-refractivity contribution < 1.29 is 9.90 Å². The maximum atomic E-state index is 12.1. The highest BCUT2D eigenvalue weighted by Crippen LogP contribution is 2.19. The van der Waals surface area contributed by atoms with Gasteiger partial charge in [0.1, 0.15) is 0 Å². The maximum absolute atomic E-state index is 12.1. The third-order valence-corrected chi connectivity index (χ3v) is 3.12. The van der Waals surface area contributed by atoms with E-state index < -0.39 is 0 Å². The van der Waals surface area contributed by atoms with Crippen molar-refractivity contribution in [1.82, 2.24) is 4.90 Å². The van der Waals surface area contributed by atoms with Crippen LogP contribution in [0.3, 0.4) is 0 Å². The Hall–Kier alpha value is -1.06. The lowest BCUT2D eigenvalue weighted by molar-refractivity contribution is 0.0764. The summed E-state index contributed by atoms with van der Waals surface area (Å²) < 4.78 is 0. The Bertz CT molecular complexity index is 419. The molecule has 0 bridgehead atoms. The molecule has 1 aromatic rings. The third kappa shape index (κ3) is 2.20. The van der Waals surface area contributed by atoms with E-state index in [1.54, 1.807) is 17.0 Å². The molecule has 16 heavy (non-hydrogen) atoms. The molecular formula is C12H14ClNO2. The van der Waals surface area contributed by atoms with Crippen LogP contribution in [-0.2, 0) is 0 Å². The normalized spacial score (nSPS) is 20.2. The van der Waals surface area contributed by atoms with Gasteiger partial charge >= 0.3 is 0 Å². The fraction of sp³-hybridized carbons (Fsp3) is 0.417. The largest absolute Gasteiger partial charge is 0.391 e. The van der Waals surface area contributed by atoms with E-state index in [1.807, 2.05) is 13.0 Å². The number of hydrogen-bond donors (Lipinski definition) is 1. The Labute approximate surface area is 99.6 Å². The topological polar surface area (TPSA) is 40.5 Å². The summed E-state index contributed by atoms with van der Waals surface area (Å²) in [7, 11) is 0. The van der Waals surface area contributed by atoms with E-state index in [2.05, 4.69) is 0 Å². The van der Waals surface area contributed by atoms with E-state index in [-0.39, 0.29) is 12.0 Å². The Balaban J connectivity index is 2.23. The number of aliphatic hydroxyl groups excluding tert-OH is 1. The Morgan fingerprint density at radius 2 is 2.31 bits per heavy atom. The monoisotopic (exact) mass is 239 g/mol. The summed E-state index contributed by atoms with van der Waals surface area (Å²) in [5.74, 6) is -0.0449. The Morgan fingerprint density at radius 3 is 2.94 bits per heavy atom. The van der Waals surface area contributed by atoms with E-state index in [4.69, 9.17) is 11.6 Å². The van der Waals surface area contributed by atoms with Crippen molar-refractivity contribution in [1.29, 1.82) is 0 Å². The fourth-order valence-electron chi connectivity index (χ4n) is 1.92. The summed E-state index contributed by atoms with van der Waals surface area (Å²) in [6.07, 6.45) is 0.272. The first-order valence-corrected chi connectivity index (χ1v) is 5.69. The van der Waals surface area contributed by atoms with Gasteiger partial charge in [-0.2, -0.15) is 0 Å². The molecule has 1 fully saturated rings. The van der Waals surface area contributed by atoms with Gasteiger partial charge in [0.15, 0.2) is 0 Å². The van der Waals surface area contributed by atoms with Crippen molar-refractivity contribution in [3.05, 3.63) is 34.3 Å². The number of amides is 1. The molecule has 1 atom stereocenters. The van der Waals surface area contributed by atoms with Crippen molar-refractivity contribution in [3.8, 4) is 0 Å². The van der Waals surface area contributed by atoms with Gasteiger partial charge in [0.25, 0.3) is 5.91 Å². The van der Waals surface area contributed by atoms with Crippen molar-refractivity contribution in [2.75, 3.05) is 13.1 Å². The molecule has 1 aliphatic heterocycles. The van der Waals surface area contributed by atoms with Crippen LogP contribution in [0.4, 0.5) is 0 Å². The van der Waals surface area contributed by atoms with Crippen LogP contribution < -0.4 is 0 Å². The number of carbonyl (C=O) groups is 1. The molecule has 1 aliphatic rings. The Kier molecular flexibility index (Phi) is 3.17. The highest BCUT2D eigenvalue weighted by Gasteiger charge is 2.26. The zero-order valence-corrected chi connectivity index (χ0v) is 9.87. The van der Waals surface area contributed by atoms with Crippen LogP contribution in [0.15, 0.2) is 18.2 Å². The number of carbonyl (C=O) groups excluding carboxylic acids is 1. The minimum atomic E-state index is -0.386. The number of nitrogens with zero attached hydrogens (tertiary/aromatic N) is 1. The first-order valence-electron chi connectivity index (χ1n) is 5.31. The first-order chi connectivity index (χ1) is 7.58. The number of benzene rings is 1. The van der Waals surface area contributed by atoms with Crippen LogP contribution in [0.1, 0.15) is 22.3 Å². The van der Waals surface area contributed by atoms with Crippen LogP contribution in [0, 0.1) is 6.92 Å². The summed E-state index contributed by atoms with van der Waals surface area (Å²) in [5.41, 5.74) is 1.54. The summed E-state index contributed by atoms with van der Waals surface area (Å²) in [4.78, 5) is 13.8. The molecule has 4 heteroatoms. The lowest BCUT2D eigenvalue weighted by Gasteiger charge is -2.17. The van der Waals surface area contributed by atoms with Gasteiger partial charge < -0.3 is 10.0 Å². The zero-order chi connectivity index (χ0) is 11.7. The quantitative estimate of drug-likeness (QED) is 0.813. The maximum Gasteiger partial charge on any atom is 0.254 e. The van der Waals surface area contributed by atoms with Crippen LogP contribution in [0.25, 0.3) is 0 Å². The second-order valence-electron chi connectivity index (χ2n) is 4.15. The van der Waals surface area contributed by atoms with Gasteiger partial charge in [0, 0.05) is 23.7 Å². The number of likely N-dealkylation sites (tertiary alicyclic amines) is 1. The van der Waals surface area contributed by atoms with Crippen LogP contribution in [0.5, 0.6) is 0 Å². The van der Waals surface area contributed by atoms with Crippen LogP contribution in [0.2, 0.25) is 5.02 Å². The lowest BCUT2D eigenvalue weighted by Crippen LogP contribution is -2.30. The van der Waals surface area contributed by atoms with Gasteiger partial charge in [-0.1, -0.05) is 17.7 Å². The number of halogens is 1. The van der Waals surface area contributed by atoms with Crippen molar-refractivity contribution >= 4 is 17.5 Å². The average Bonchev–Trinajstić information content (AvgIpc) is 2.67.